The Morgan fingerprint density at radius 1 is 1.14 bits per heavy atom. The molecule has 0 aliphatic rings. The largest absolute Gasteiger partial charge is 0.383 e. The maximum absolute atomic E-state index is 5.21. The van der Waals surface area contributed by atoms with Gasteiger partial charge in [0, 0.05) is 40.9 Å². The summed E-state index contributed by atoms with van der Waals surface area (Å²) >= 11 is 0. The molecule has 14 heavy (non-hydrogen) atoms. The minimum Gasteiger partial charge on any atom is -0.383 e. The van der Waals surface area contributed by atoms with Gasteiger partial charge >= 0.3 is 0 Å². The predicted octanol–water partition coefficient (Wildman–Crippen LogP) is 0.835. The Kier molecular flexibility index (Phi) is 7.09. The number of rotatable bonds is 7. The maximum Gasteiger partial charge on any atom is 0.0684 e. The standard InChI is InChI=1S/C10H24N2O2/c1-9(8-13-5)12(4)11(3)7-10(2)14-6/h9-10H,7-8H2,1-6H3. The highest BCUT2D eigenvalue weighted by molar-refractivity contribution is 4.61. The number of hydrazine groups is 1. The topological polar surface area (TPSA) is 24.9 Å². The lowest BCUT2D eigenvalue weighted by Crippen LogP contribution is -2.47. The van der Waals surface area contributed by atoms with Gasteiger partial charge in [-0.05, 0) is 13.8 Å². The van der Waals surface area contributed by atoms with E-state index >= 15 is 0 Å². The number of hydrogen-bond acceptors (Lipinski definition) is 4. The van der Waals surface area contributed by atoms with Crippen molar-refractivity contribution in [2.75, 3.05) is 41.5 Å². The average Bonchev–Trinajstić information content (AvgIpc) is 2.16. The van der Waals surface area contributed by atoms with Gasteiger partial charge in [0.15, 0.2) is 0 Å². The summed E-state index contributed by atoms with van der Waals surface area (Å²) in [5.41, 5.74) is 0. The lowest BCUT2D eigenvalue weighted by atomic mass is 10.3. The molecule has 0 bridgehead atoms. The highest BCUT2D eigenvalue weighted by Gasteiger charge is 2.15. The zero-order valence-corrected chi connectivity index (χ0v) is 10.3. The van der Waals surface area contributed by atoms with Crippen molar-refractivity contribution >= 4 is 0 Å². The number of methoxy groups -OCH3 is 2. The normalized spacial score (nSPS) is 16.3. The molecule has 2 atom stereocenters. The molecule has 0 heterocycles. The van der Waals surface area contributed by atoms with E-state index in [9.17, 15) is 0 Å². The van der Waals surface area contributed by atoms with Gasteiger partial charge in [0.25, 0.3) is 0 Å². The Bertz CT molecular complexity index is 144. The summed E-state index contributed by atoms with van der Waals surface area (Å²) < 4.78 is 10.3. The second kappa shape index (κ2) is 7.17. The SMILES string of the molecule is COCC(C)N(C)N(C)CC(C)OC. The number of nitrogens with zero attached hydrogens (tertiary/aromatic N) is 2. The van der Waals surface area contributed by atoms with Crippen molar-refractivity contribution in [1.82, 2.24) is 10.0 Å². The van der Waals surface area contributed by atoms with Gasteiger partial charge in [-0.25, -0.2) is 10.0 Å². The van der Waals surface area contributed by atoms with Crippen LogP contribution < -0.4 is 0 Å². The average molecular weight is 204 g/mol. The van der Waals surface area contributed by atoms with Crippen LogP contribution in [0.3, 0.4) is 0 Å². The number of likely N-dealkylation sites (N-methyl/N-ethyl adjacent to an activating group) is 2. The fraction of sp³-hybridized carbons (Fsp3) is 1.00. The van der Waals surface area contributed by atoms with Gasteiger partial charge in [-0.3, -0.25) is 0 Å². The van der Waals surface area contributed by atoms with Crippen LogP contribution in [0.25, 0.3) is 0 Å². The third-order valence-electron chi connectivity index (χ3n) is 2.51. The lowest BCUT2D eigenvalue weighted by molar-refractivity contribution is -0.0593. The molecule has 0 aromatic carbocycles. The van der Waals surface area contributed by atoms with Gasteiger partial charge in [-0.2, -0.15) is 0 Å². The van der Waals surface area contributed by atoms with Gasteiger partial charge in [0.2, 0.25) is 0 Å². The molecule has 2 unspecified atom stereocenters. The molecule has 0 saturated heterocycles. The van der Waals surface area contributed by atoms with Crippen molar-refractivity contribution in [2.45, 2.75) is 26.0 Å². The fourth-order valence-electron chi connectivity index (χ4n) is 1.26. The van der Waals surface area contributed by atoms with Crippen LogP contribution in [0.1, 0.15) is 13.8 Å². The van der Waals surface area contributed by atoms with Crippen molar-refractivity contribution in [2.24, 2.45) is 0 Å². The maximum atomic E-state index is 5.21. The number of hydrogen-bond donors (Lipinski definition) is 0. The van der Waals surface area contributed by atoms with Crippen LogP contribution >= 0.6 is 0 Å². The van der Waals surface area contributed by atoms with Crippen LogP contribution in [0.5, 0.6) is 0 Å². The van der Waals surface area contributed by atoms with E-state index in [0.717, 1.165) is 13.2 Å². The van der Waals surface area contributed by atoms with E-state index in [0.29, 0.717) is 6.04 Å². The van der Waals surface area contributed by atoms with Crippen LogP contribution in [0, 0.1) is 0 Å². The predicted molar refractivity (Wildman–Crippen MR) is 58.2 cm³/mol. The summed E-state index contributed by atoms with van der Waals surface area (Å²) in [5, 5.41) is 4.32. The van der Waals surface area contributed by atoms with E-state index in [1.165, 1.54) is 0 Å². The molecule has 0 aliphatic heterocycles. The van der Waals surface area contributed by atoms with E-state index in [-0.39, 0.29) is 6.10 Å². The molecule has 0 aromatic heterocycles. The second-order valence-corrected chi connectivity index (χ2v) is 3.76. The lowest BCUT2D eigenvalue weighted by Gasteiger charge is -2.34. The quantitative estimate of drug-likeness (QED) is 0.574. The molecule has 0 radical (unpaired) electrons. The molecular weight excluding hydrogens is 180 g/mol. The summed E-state index contributed by atoms with van der Waals surface area (Å²) in [6.45, 7) is 5.83. The third-order valence-corrected chi connectivity index (χ3v) is 2.51. The number of ether oxygens (including phenoxy) is 2. The monoisotopic (exact) mass is 204 g/mol. The van der Waals surface area contributed by atoms with E-state index in [4.69, 9.17) is 9.47 Å². The first-order chi connectivity index (χ1) is 6.52. The van der Waals surface area contributed by atoms with E-state index < -0.39 is 0 Å². The third kappa shape index (κ3) is 4.91. The first-order valence-electron chi connectivity index (χ1n) is 4.98. The fourth-order valence-corrected chi connectivity index (χ4v) is 1.26. The Morgan fingerprint density at radius 2 is 1.71 bits per heavy atom. The molecule has 0 fully saturated rings. The molecule has 0 spiro atoms. The molecule has 0 saturated carbocycles. The van der Waals surface area contributed by atoms with Crippen molar-refractivity contribution in [3.8, 4) is 0 Å². The summed E-state index contributed by atoms with van der Waals surface area (Å²) in [4.78, 5) is 0. The zero-order chi connectivity index (χ0) is 11.1. The summed E-state index contributed by atoms with van der Waals surface area (Å²) in [6.07, 6.45) is 0.247. The minimum atomic E-state index is 0.247. The Balaban J connectivity index is 3.90. The molecular formula is C10H24N2O2. The summed E-state index contributed by atoms with van der Waals surface area (Å²) in [7, 11) is 7.58. The van der Waals surface area contributed by atoms with Crippen molar-refractivity contribution in [3.05, 3.63) is 0 Å². The van der Waals surface area contributed by atoms with Crippen LogP contribution in [0.2, 0.25) is 0 Å². The second-order valence-electron chi connectivity index (χ2n) is 3.76. The molecule has 4 nitrogen and oxygen atoms in total. The molecule has 0 aromatic rings. The molecule has 0 aliphatic carbocycles. The molecule has 4 heteroatoms. The highest BCUT2D eigenvalue weighted by Crippen LogP contribution is 2.02. The van der Waals surface area contributed by atoms with Crippen molar-refractivity contribution in [3.63, 3.8) is 0 Å². The molecule has 0 rings (SSSR count). The Labute approximate surface area is 87.7 Å². The Hall–Kier alpha value is -0.160. The van der Waals surface area contributed by atoms with Crippen LogP contribution in [0.15, 0.2) is 0 Å². The van der Waals surface area contributed by atoms with Crippen molar-refractivity contribution < 1.29 is 9.47 Å². The first kappa shape index (κ1) is 13.8. The van der Waals surface area contributed by atoms with E-state index in [2.05, 4.69) is 38.0 Å². The van der Waals surface area contributed by atoms with Crippen LogP contribution in [-0.4, -0.2) is 63.6 Å². The molecule has 0 N–H and O–H groups in total. The van der Waals surface area contributed by atoms with Crippen LogP contribution in [-0.2, 0) is 9.47 Å². The van der Waals surface area contributed by atoms with Crippen LogP contribution in [0.4, 0.5) is 0 Å². The van der Waals surface area contributed by atoms with Gasteiger partial charge in [0.05, 0.1) is 12.7 Å². The minimum absolute atomic E-state index is 0.247. The van der Waals surface area contributed by atoms with Gasteiger partial charge in [-0.15, -0.1) is 0 Å². The summed E-state index contributed by atoms with van der Waals surface area (Å²) in [6, 6.07) is 0.383. The van der Waals surface area contributed by atoms with Gasteiger partial charge < -0.3 is 9.47 Å². The highest BCUT2D eigenvalue weighted by atomic mass is 16.5. The van der Waals surface area contributed by atoms with Crippen molar-refractivity contribution in [1.29, 1.82) is 0 Å². The first-order valence-corrected chi connectivity index (χ1v) is 4.98. The smallest absolute Gasteiger partial charge is 0.0684 e. The Morgan fingerprint density at radius 3 is 2.14 bits per heavy atom. The van der Waals surface area contributed by atoms with E-state index in [1.54, 1.807) is 14.2 Å². The molecule has 86 valence electrons. The van der Waals surface area contributed by atoms with Gasteiger partial charge in [-0.1, -0.05) is 0 Å². The summed E-state index contributed by atoms with van der Waals surface area (Å²) in [5.74, 6) is 0. The zero-order valence-electron chi connectivity index (χ0n) is 10.3. The van der Waals surface area contributed by atoms with Gasteiger partial charge in [0.1, 0.15) is 0 Å². The van der Waals surface area contributed by atoms with E-state index in [1.807, 2.05) is 0 Å². The molecule has 0 amide bonds.